The van der Waals surface area contributed by atoms with Crippen LogP contribution in [0.25, 0.3) is 44.5 Å². The molecule has 0 bridgehead atoms. The van der Waals surface area contributed by atoms with E-state index >= 15 is 0 Å². The van der Waals surface area contributed by atoms with Gasteiger partial charge < -0.3 is 4.42 Å². The van der Waals surface area contributed by atoms with Gasteiger partial charge in [0.1, 0.15) is 11.3 Å². The lowest BCUT2D eigenvalue weighted by atomic mass is 10.0. The Balaban J connectivity index is 1.60. The van der Waals surface area contributed by atoms with Gasteiger partial charge in [0.2, 0.25) is 0 Å². The first-order valence-corrected chi connectivity index (χ1v) is 9.14. The summed E-state index contributed by atoms with van der Waals surface area (Å²) in [5.74, 6) is 0.848. The van der Waals surface area contributed by atoms with Crippen LogP contribution in [0.3, 0.4) is 0 Å². The summed E-state index contributed by atoms with van der Waals surface area (Å²) < 4.78 is 6.08. The molecule has 2 heteroatoms. The van der Waals surface area contributed by atoms with E-state index < -0.39 is 0 Å². The highest BCUT2D eigenvalue weighted by molar-refractivity contribution is 5.88. The van der Waals surface area contributed by atoms with Crippen LogP contribution in [0.4, 0.5) is 0 Å². The number of benzene rings is 3. The minimum absolute atomic E-state index is 0.811. The Hall–Kier alpha value is -3.39. The van der Waals surface area contributed by atoms with Crippen molar-refractivity contribution in [1.29, 1.82) is 0 Å². The van der Waals surface area contributed by atoms with Crippen LogP contribution in [0.5, 0.6) is 0 Å². The molecule has 0 radical (unpaired) electrons. The Morgan fingerprint density at radius 3 is 2.26 bits per heavy atom. The molecule has 0 aliphatic carbocycles. The van der Waals surface area contributed by atoms with E-state index in [1.165, 1.54) is 21.9 Å². The fourth-order valence-corrected chi connectivity index (χ4v) is 3.69. The minimum Gasteiger partial charge on any atom is -0.454 e. The Bertz CT molecular complexity index is 1280. The lowest BCUT2D eigenvalue weighted by Crippen LogP contribution is -1.86. The Kier molecular flexibility index (Phi) is 3.58. The standard InChI is InChI=1S/C25H19NO/c1-16-11-17(2)13-21(12-16)22-9-10-24-23(26-22)15-25(27-24)20-8-7-18-5-3-4-6-19(18)14-20/h3-15H,1-2H3. The third-order valence-corrected chi connectivity index (χ3v) is 4.93. The SMILES string of the molecule is Cc1cc(C)cc(-c2ccc3oc(-c4ccc5ccccc5c4)cc3n2)c1. The predicted octanol–water partition coefficient (Wildman–Crippen LogP) is 6.93. The molecule has 0 aliphatic rings. The number of rotatable bonds is 2. The number of furan rings is 1. The van der Waals surface area contributed by atoms with Gasteiger partial charge in [-0.15, -0.1) is 0 Å². The molecule has 0 saturated heterocycles. The summed E-state index contributed by atoms with van der Waals surface area (Å²) in [6, 6.07) is 27.4. The molecule has 2 aromatic heterocycles. The third kappa shape index (κ3) is 2.89. The van der Waals surface area contributed by atoms with Gasteiger partial charge in [-0.05, 0) is 55.0 Å². The number of aromatic nitrogens is 1. The second kappa shape index (κ2) is 6.10. The van der Waals surface area contributed by atoms with E-state index in [0.717, 1.165) is 33.7 Å². The van der Waals surface area contributed by atoms with Gasteiger partial charge >= 0.3 is 0 Å². The van der Waals surface area contributed by atoms with Gasteiger partial charge in [-0.2, -0.15) is 0 Å². The molecule has 5 aromatic rings. The van der Waals surface area contributed by atoms with E-state index in [4.69, 9.17) is 9.40 Å². The first-order chi connectivity index (χ1) is 13.2. The number of nitrogens with zero attached hydrogens (tertiary/aromatic N) is 1. The first-order valence-electron chi connectivity index (χ1n) is 9.14. The van der Waals surface area contributed by atoms with E-state index in [9.17, 15) is 0 Å². The summed E-state index contributed by atoms with van der Waals surface area (Å²) in [7, 11) is 0. The predicted molar refractivity (Wildman–Crippen MR) is 112 cm³/mol. The van der Waals surface area contributed by atoms with Crippen molar-refractivity contribution in [2.45, 2.75) is 13.8 Å². The molecule has 130 valence electrons. The third-order valence-electron chi connectivity index (χ3n) is 4.93. The highest BCUT2D eigenvalue weighted by atomic mass is 16.3. The van der Waals surface area contributed by atoms with E-state index in [0.29, 0.717) is 0 Å². The van der Waals surface area contributed by atoms with Crippen LogP contribution in [0, 0.1) is 13.8 Å². The Labute approximate surface area is 158 Å². The lowest BCUT2D eigenvalue weighted by Gasteiger charge is -2.04. The van der Waals surface area contributed by atoms with Crippen molar-refractivity contribution in [3.8, 4) is 22.6 Å². The highest BCUT2D eigenvalue weighted by Gasteiger charge is 2.10. The van der Waals surface area contributed by atoms with Crippen LogP contribution in [0.1, 0.15) is 11.1 Å². The minimum atomic E-state index is 0.811. The van der Waals surface area contributed by atoms with Gasteiger partial charge in [0, 0.05) is 17.2 Å². The lowest BCUT2D eigenvalue weighted by molar-refractivity contribution is 0.631. The topological polar surface area (TPSA) is 26.0 Å². The summed E-state index contributed by atoms with van der Waals surface area (Å²) in [4.78, 5) is 4.84. The van der Waals surface area contributed by atoms with Crippen LogP contribution < -0.4 is 0 Å². The summed E-state index contributed by atoms with van der Waals surface area (Å²) in [6.07, 6.45) is 0. The van der Waals surface area contributed by atoms with Crippen molar-refractivity contribution < 1.29 is 4.42 Å². The zero-order valence-corrected chi connectivity index (χ0v) is 15.4. The van der Waals surface area contributed by atoms with Crippen LogP contribution in [-0.2, 0) is 0 Å². The molecule has 27 heavy (non-hydrogen) atoms. The molecule has 2 nitrogen and oxygen atoms in total. The van der Waals surface area contributed by atoms with Crippen molar-refractivity contribution in [1.82, 2.24) is 4.98 Å². The van der Waals surface area contributed by atoms with Gasteiger partial charge in [0.25, 0.3) is 0 Å². The Morgan fingerprint density at radius 2 is 1.44 bits per heavy atom. The monoisotopic (exact) mass is 349 g/mol. The summed E-state index contributed by atoms with van der Waals surface area (Å²) in [5, 5.41) is 2.44. The van der Waals surface area contributed by atoms with E-state index in [1.807, 2.05) is 18.2 Å². The van der Waals surface area contributed by atoms with Gasteiger partial charge in [-0.3, -0.25) is 0 Å². The molecule has 0 unspecified atom stereocenters. The average molecular weight is 349 g/mol. The number of hydrogen-bond acceptors (Lipinski definition) is 2. The molecular formula is C25H19NO. The number of aryl methyl sites for hydroxylation is 2. The molecule has 5 rings (SSSR count). The highest BCUT2D eigenvalue weighted by Crippen LogP contribution is 2.31. The van der Waals surface area contributed by atoms with Crippen molar-refractivity contribution in [3.05, 3.63) is 90.0 Å². The maximum atomic E-state index is 6.08. The van der Waals surface area contributed by atoms with Crippen molar-refractivity contribution >= 4 is 21.9 Å². The molecular weight excluding hydrogens is 330 g/mol. The normalized spacial score (nSPS) is 11.3. The molecule has 0 amide bonds. The first kappa shape index (κ1) is 15.8. The van der Waals surface area contributed by atoms with Gasteiger partial charge in [0.15, 0.2) is 5.58 Å². The Morgan fingerprint density at radius 1 is 0.667 bits per heavy atom. The largest absolute Gasteiger partial charge is 0.454 e. The summed E-state index contributed by atoms with van der Waals surface area (Å²) in [6.45, 7) is 4.23. The maximum absolute atomic E-state index is 6.08. The van der Waals surface area contributed by atoms with Crippen molar-refractivity contribution in [2.75, 3.05) is 0 Å². The molecule has 0 saturated carbocycles. The molecule has 3 aromatic carbocycles. The van der Waals surface area contributed by atoms with E-state index in [2.05, 4.69) is 74.5 Å². The second-order valence-corrected chi connectivity index (χ2v) is 7.13. The molecule has 0 N–H and O–H groups in total. The van der Waals surface area contributed by atoms with Crippen molar-refractivity contribution in [2.24, 2.45) is 0 Å². The number of pyridine rings is 1. The van der Waals surface area contributed by atoms with Crippen LogP contribution in [0.2, 0.25) is 0 Å². The average Bonchev–Trinajstić information content (AvgIpc) is 3.10. The van der Waals surface area contributed by atoms with Gasteiger partial charge in [0.05, 0.1) is 5.69 Å². The quantitative estimate of drug-likeness (QED) is 0.345. The molecule has 0 atom stereocenters. The molecule has 0 fully saturated rings. The van der Waals surface area contributed by atoms with Crippen LogP contribution in [0.15, 0.2) is 83.3 Å². The summed E-state index contributed by atoms with van der Waals surface area (Å²) in [5.41, 5.74) is 7.37. The van der Waals surface area contributed by atoms with Crippen molar-refractivity contribution in [3.63, 3.8) is 0 Å². The van der Waals surface area contributed by atoms with E-state index in [1.54, 1.807) is 0 Å². The zero-order valence-electron chi connectivity index (χ0n) is 15.4. The van der Waals surface area contributed by atoms with Gasteiger partial charge in [-0.1, -0.05) is 53.6 Å². The molecule has 2 heterocycles. The molecule has 0 aliphatic heterocycles. The smallest absolute Gasteiger partial charge is 0.153 e. The fraction of sp³-hybridized carbons (Fsp3) is 0.0800. The maximum Gasteiger partial charge on any atom is 0.153 e. The second-order valence-electron chi connectivity index (χ2n) is 7.13. The fourth-order valence-electron chi connectivity index (χ4n) is 3.69. The van der Waals surface area contributed by atoms with Crippen LogP contribution in [-0.4, -0.2) is 4.98 Å². The zero-order chi connectivity index (χ0) is 18.4. The summed E-state index contributed by atoms with van der Waals surface area (Å²) >= 11 is 0. The number of fused-ring (bicyclic) bond motifs is 2. The van der Waals surface area contributed by atoms with Crippen LogP contribution >= 0.6 is 0 Å². The van der Waals surface area contributed by atoms with E-state index in [-0.39, 0.29) is 0 Å². The molecule has 0 spiro atoms. The number of hydrogen-bond donors (Lipinski definition) is 0. The van der Waals surface area contributed by atoms with Gasteiger partial charge in [-0.25, -0.2) is 4.98 Å².